The molecule has 0 aromatic heterocycles. The number of aryl methyl sites for hydroxylation is 2. The largest absolute Gasteiger partial charge is 0.394 e. The number of carbonyl (C=O) groups excluding carboxylic acids is 3. The Bertz CT molecular complexity index is 1310. The van der Waals surface area contributed by atoms with Crippen LogP contribution in [0.2, 0.25) is 0 Å². The summed E-state index contributed by atoms with van der Waals surface area (Å²) in [5.74, 6) is -2.35. The maximum absolute atomic E-state index is 14.5. The molecule has 3 fully saturated rings. The molecule has 3 heterocycles. The van der Waals surface area contributed by atoms with Gasteiger partial charge in [-0.25, -0.2) is 0 Å². The molecule has 41 heavy (non-hydrogen) atoms. The fraction of sp³-hybridized carbons (Fsp3) is 0.545. The van der Waals surface area contributed by atoms with Crippen molar-refractivity contribution in [3.8, 4) is 0 Å². The average Bonchev–Trinajstić information content (AvgIpc) is 3.45. The molecule has 8 nitrogen and oxygen atoms in total. The van der Waals surface area contributed by atoms with Crippen LogP contribution in [0.4, 0.5) is 5.69 Å². The Hall–Kier alpha value is -3.23. The van der Waals surface area contributed by atoms with Gasteiger partial charge in [0, 0.05) is 12.2 Å². The monoisotopic (exact) mass is 561 g/mol. The van der Waals surface area contributed by atoms with Gasteiger partial charge in [-0.05, 0) is 62.1 Å². The molecule has 8 heteroatoms. The number of aliphatic hydroxyl groups is 1. The van der Waals surface area contributed by atoms with Crippen LogP contribution in [-0.2, 0) is 25.7 Å². The van der Waals surface area contributed by atoms with Crippen molar-refractivity contribution < 1.29 is 24.2 Å². The quantitative estimate of drug-likeness (QED) is 0.429. The highest BCUT2D eigenvalue weighted by Gasteiger charge is 2.80. The molecule has 3 N–H and O–H groups in total. The van der Waals surface area contributed by atoms with Gasteiger partial charge >= 0.3 is 0 Å². The number of carbonyl (C=O) groups is 3. The lowest BCUT2D eigenvalue weighted by Gasteiger charge is -2.37. The Kier molecular flexibility index (Phi) is 7.76. The Balaban J connectivity index is 1.55. The highest BCUT2D eigenvalue weighted by molar-refractivity contribution is 6.04. The second-order valence-corrected chi connectivity index (χ2v) is 12.9. The molecule has 2 bridgehead atoms. The molecule has 3 saturated heterocycles. The number of hydrogen-bond acceptors (Lipinski definition) is 5. The molecule has 3 aliphatic heterocycles. The topological polar surface area (TPSA) is 108 Å². The Labute approximate surface area is 242 Å². The van der Waals surface area contributed by atoms with Crippen LogP contribution < -0.4 is 10.6 Å². The van der Waals surface area contributed by atoms with Gasteiger partial charge in [-0.15, -0.1) is 0 Å². The molecule has 2 aromatic carbocycles. The van der Waals surface area contributed by atoms with Crippen molar-refractivity contribution in [2.45, 2.75) is 84.2 Å². The third kappa shape index (κ3) is 4.75. The molecule has 220 valence electrons. The number of aliphatic hydroxyl groups excluding tert-OH is 1. The van der Waals surface area contributed by atoms with Crippen LogP contribution in [0.15, 0.2) is 48.5 Å². The van der Waals surface area contributed by atoms with Crippen molar-refractivity contribution in [3.05, 3.63) is 65.2 Å². The lowest BCUT2D eigenvalue weighted by molar-refractivity contribution is -0.149. The minimum atomic E-state index is -1.18. The molecule has 0 saturated carbocycles. The maximum Gasteiger partial charge on any atom is 0.250 e. The average molecular weight is 562 g/mol. The number of likely N-dealkylation sites (tertiary alicyclic amines) is 1. The summed E-state index contributed by atoms with van der Waals surface area (Å²) in [6.07, 6.45) is 0.999. The van der Waals surface area contributed by atoms with Crippen molar-refractivity contribution in [2.75, 3.05) is 11.9 Å². The summed E-state index contributed by atoms with van der Waals surface area (Å²) in [5.41, 5.74) is 1.42. The van der Waals surface area contributed by atoms with Gasteiger partial charge < -0.3 is 25.4 Å². The molecule has 2 aromatic rings. The van der Waals surface area contributed by atoms with E-state index in [1.165, 1.54) is 0 Å². The highest BCUT2D eigenvalue weighted by Crippen LogP contribution is 2.65. The zero-order valence-electron chi connectivity index (χ0n) is 24.9. The number of fused-ring (bicyclic) bond motifs is 1. The van der Waals surface area contributed by atoms with Crippen LogP contribution >= 0.6 is 0 Å². The van der Waals surface area contributed by atoms with Gasteiger partial charge in [0.2, 0.25) is 17.7 Å². The number of anilines is 1. The fourth-order valence-corrected chi connectivity index (χ4v) is 7.69. The predicted octanol–water partition coefficient (Wildman–Crippen LogP) is 3.98. The summed E-state index contributed by atoms with van der Waals surface area (Å²) < 4.78 is 6.84. The van der Waals surface area contributed by atoms with Crippen molar-refractivity contribution >= 4 is 23.4 Å². The first-order valence-electron chi connectivity index (χ1n) is 14.8. The van der Waals surface area contributed by atoms with Crippen LogP contribution in [0.3, 0.4) is 0 Å². The number of nitrogens with one attached hydrogen (secondary N) is 2. The van der Waals surface area contributed by atoms with Gasteiger partial charge in [0.15, 0.2) is 0 Å². The second kappa shape index (κ2) is 10.9. The van der Waals surface area contributed by atoms with E-state index in [9.17, 15) is 19.5 Å². The normalized spacial score (nSPS) is 30.9. The van der Waals surface area contributed by atoms with E-state index in [1.807, 2.05) is 90.1 Å². The van der Waals surface area contributed by atoms with E-state index >= 15 is 0 Å². The van der Waals surface area contributed by atoms with Gasteiger partial charge in [-0.2, -0.15) is 0 Å². The number of para-hydroxylation sites is 1. The molecule has 3 unspecified atom stereocenters. The van der Waals surface area contributed by atoms with Crippen LogP contribution in [0.25, 0.3) is 0 Å². The van der Waals surface area contributed by atoms with Crippen molar-refractivity contribution in [2.24, 2.45) is 23.7 Å². The Morgan fingerprint density at radius 2 is 1.73 bits per heavy atom. The fourth-order valence-electron chi connectivity index (χ4n) is 7.69. The summed E-state index contributed by atoms with van der Waals surface area (Å²) in [5, 5.41) is 16.7. The SMILES string of the molecule is Cc1cccc(C)c1NC(=O)C1N([C@@H](CO)CC(C)C)C(=O)[C@@H]2[C@H](C(=O)NCc3ccccc3)[C@@]3(C)OC12CC3C. The van der Waals surface area contributed by atoms with Gasteiger partial charge in [0.05, 0.1) is 30.1 Å². The number of ether oxygens (including phenoxy) is 1. The molecule has 5 rings (SSSR count). The van der Waals surface area contributed by atoms with Crippen LogP contribution in [0.5, 0.6) is 0 Å². The molecule has 0 radical (unpaired) electrons. The molecule has 0 aliphatic carbocycles. The first kappa shape index (κ1) is 29.3. The lowest BCUT2D eigenvalue weighted by atomic mass is 9.62. The van der Waals surface area contributed by atoms with Gasteiger partial charge in [-0.3, -0.25) is 14.4 Å². The van der Waals surface area contributed by atoms with E-state index in [0.29, 0.717) is 25.1 Å². The van der Waals surface area contributed by atoms with E-state index in [0.717, 1.165) is 16.7 Å². The van der Waals surface area contributed by atoms with Gasteiger partial charge in [-0.1, -0.05) is 69.3 Å². The molecular formula is C33H43N3O5. The first-order valence-corrected chi connectivity index (χ1v) is 14.8. The summed E-state index contributed by atoms with van der Waals surface area (Å²) in [6, 6.07) is 13.9. The zero-order valence-corrected chi connectivity index (χ0v) is 24.9. The Morgan fingerprint density at radius 1 is 1.07 bits per heavy atom. The van der Waals surface area contributed by atoms with Crippen LogP contribution in [0.1, 0.15) is 57.2 Å². The van der Waals surface area contributed by atoms with Crippen molar-refractivity contribution in [1.82, 2.24) is 10.2 Å². The number of rotatable bonds is 9. The third-order valence-electron chi connectivity index (χ3n) is 9.67. The van der Waals surface area contributed by atoms with E-state index < -0.39 is 35.1 Å². The summed E-state index contributed by atoms with van der Waals surface area (Å²) in [7, 11) is 0. The standard InChI is InChI=1S/C33H43N3O5/c1-19(2)15-24(18-37)36-28(30(39)35-27-20(3)11-10-12-21(27)4)33-16-22(5)32(6,41-33)25(26(33)31(36)40)29(38)34-17-23-13-8-7-9-14-23/h7-14,19,22,24-26,28,37H,15-18H2,1-6H3,(H,34,38)(H,35,39)/t22?,24-,25-,26+,28?,32+,33?/m1/s1. The zero-order chi connectivity index (χ0) is 29.7. The van der Waals surface area contributed by atoms with Gasteiger partial charge in [0.1, 0.15) is 11.6 Å². The van der Waals surface area contributed by atoms with E-state index in [4.69, 9.17) is 4.74 Å². The van der Waals surface area contributed by atoms with Crippen LogP contribution in [-0.4, -0.2) is 57.6 Å². The van der Waals surface area contributed by atoms with Crippen LogP contribution in [0, 0.1) is 37.5 Å². The van der Waals surface area contributed by atoms with E-state index in [1.54, 1.807) is 4.90 Å². The smallest absolute Gasteiger partial charge is 0.250 e. The number of hydrogen-bond donors (Lipinski definition) is 3. The minimum absolute atomic E-state index is 0.0628. The molecule has 3 aliphatic rings. The van der Waals surface area contributed by atoms with Crippen molar-refractivity contribution in [3.63, 3.8) is 0 Å². The molecule has 7 atom stereocenters. The molecule has 3 amide bonds. The minimum Gasteiger partial charge on any atom is -0.394 e. The maximum atomic E-state index is 14.5. The highest BCUT2D eigenvalue weighted by atomic mass is 16.5. The van der Waals surface area contributed by atoms with E-state index in [-0.39, 0.29) is 36.2 Å². The number of benzene rings is 2. The van der Waals surface area contributed by atoms with E-state index in [2.05, 4.69) is 10.6 Å². The third-order valence-corrected chi connectivity index (χ3v) is 9.67. The lowest BCUT2D eigenvalue weighted by Crippen LogP contribution is -2.56. The molecule has 1 spiro atoms. The predicted molar refractivity (Wildman–Crippen MR) is 157 cm³/mol. The summed E-state index contributed by atoms with van der Waals surface area (Å²) >= 11 is 0. The summed E-state index contributed by atoms with van der Waals surface area (Å²) in [6.45, 7) is 11.9. The number of amides is 3. The summed E-state index contributed by atoms with van der Waals surface area (Å²) in [4.78, 5) is 44.3. The van der Waals surface area contributed by atoms with Gasteiger partial charge in [0.25, 0.3) is 0 Å². The Morgan fingerprint density at radius 3 is 2.34 bits per heavy atom. The number of nitrogens with zero attached hydrogens (tertiary/aromatic N) is 1. The second-order valence-electron chi connectivity index (χ2n) is 12.9. The van der Waals surface area contributed by atoms with Crippen molar-refractivity contribution in [1.29, 1.82) is 0 Å². The molecular weight excluding hydrogens is 518 g/mol. The first-order chi connectivity index (χ1) is 19.4.